The van der Waals surface area contributed by atoms with E-state index in [-0.39, 0.29) is 37.9 Å². The third-order valence-corrected chi connectivity index (χ3v) is 5.70. The Morgan fingerprint density at radius 2 is 1.94 bits per heavy atom. The molecule has 2 aromatic heterocycles. The van der Waals surface area contributed by atoms with E-state index >= 15 is 0 Å². The van der Waals surface area contributed by atoms with Crippen LogP contribution in [0.25, 0.3) is 5.69 Å². The van der Waals surface area contributed by atoms with Gasteiger partial charge in [0.2, 0.25) is 0 Å². The number of nitrogens with one attached hydrogen (secondary N) is 1. The number of alkyl halides is 3. The molecule has 1 amide bonds. The van der Waals surface area contributed by atoms with E-state index in [2.05, 4.69) is 20.5 Å². The van der Waals surface area contributed by atoms with E-state index in [4.69, 9.17) is 4.74 Å². The van der Waals surface area contributed by atoms with Gasteiger partial charge in [0, 0.05) is 20.7 Å². The minimum absolute atomic E-state index is 0. The van der Waals surface area contributed by atoms with Gasteiger partial charge in [0.1, 0.15) is 5.82 Å². The normalized spacial score (nSPS) is 20.9. The zero-order valence-corrected chi connectivity index (χ0v) is 19.0. The molecule has 182 valence electrons. The van der Waals surface area contributed by atoms with Crippen molar-refractivity contribution in [2.75, 3.05) is 18.4 Å². The lowest BCUT2D eigenvalue weighted by Crippen LogP contribution is -2.58. The summed E-state index contributed by atoms with van der Waals surface area (Å²) < 4.78 is 44.4. The van der Waals surface area contributed by atoms with Crippen LogP contribution >= 0.6 is 0 Å². The number of aromatic nitrogens is 4. The molecule has 0 unspecified atom stereocenters. The van der Waals surface area contributed by atoms with E-state index < -0.39 is 11.7 Å². The first-order valence-electron chi connectivity index (χ1n) is 10.8. The summed E-state index contributed by atoms with van der Waals surface area (Å²) in [6, 6.07) is 7.34. The van der Waals surface area contributed by atoms with E-state index in [1.807, 2.05) is 26.8 Å². The lowest BCUT2D eigenvalue weighted by atomic mass is 10.0. The average molecular weight is 477 g/mol. The molecule has 1 saturated heterocycles. The summed E-state index contributed by atoms with van der Waals surface area (Å²) in [7, 11) is 0. The first-order valence-corrected chi connectivity index (χ1v) is 10.8. The van der Waals surface area contributed by atoms with Crippen LogP contribution in [0, 0.1) is 6.92 Å². The molecule has 8 nitrogen and oxygen atoms in total. The number of carbonyl (C=O) groups excluding carboxylic acids is 1. The Bertz CT molecular complexity index is 1140. The molecule has 1 aliphatic heterocycles. The predicted molar refractivity (Wildman–Crippen MR) is 121 cm³/mol. The van der Waals surface area contributed by atoms with E-state index in [1.54, 1.807) is 17.0 Å². The van der Waals surface area contributed by atoms with Crippen molar-refractivity contribution < 1.29 is 24.1 Å². The molecule has 0 radical (unpaired) electrons. The van der Waals surface area contributed by atoms with Gasteiger partial charge in [-0.2, -0.15) is 28.2 Å². The molecule has 3 aromatic rings. The number of pyridine rings is 1. The fraction of sp³-hybridized carbons (Fsp3) is 0.391. The van der Waals surface area contributed by atoms with Crippen molar-refractivity contribution in [3.05, 3.63) is 65.6 Å². The number of benzene rings is 1. The second kappa shape index (κ2) is 9.41. The number of ether oxygens (including phenoxy) is 1. The molecule has 34 heavy (non-hydrogen) atoms. The summed E-state index contributed by atoms with van der Waals surface area (Å²) in [6.45, 7) is 6.27. The summed E-state index contributed by atoms with van der Waals surface area (Å²) >= 11 is 0. The molecule has 0 aliphatic carbocycles. The first-order chi connectivity index (χ1) is 16.1. The van der Waals surface area contributed by atoms with Crippen molar-refractivity contribution in [3.8, 4) is 5.69 Å². The van der Waals surface area contributed by atoms with Gasteiger partial charge in [-0.05, 0) is 45.0 Å². The fourth-order valence-electron chi connectivity index (χ4n) is 4.04. The molecule has 1 N–H and O–H groups in total. The molecule has 3 heterocycles. The standard InChI is InChI=1S/C23H25F3N6O2.H2/c1-14-4-6-19(32-29-8-9-30-32)18(10-14)22(33)31-13-15(2)34-16(3)20(31)12-28-21-7-5-17(11-27-21)23(24,25)26;/h4-11,15-16,20H,12-13H2,1-3H3,(H,27,28);1H/t15-,16-,20+;/m0./s1. The topological polar surface area (TPSA) is 85.2 Å². The Labute approximate surface area is 196 Å². The number of carbonyl (C=O) groups is 1. The highest BCUT2D eigenvalue weighted by molar-refractivity contribution is 5.98. The Morgan fingerprint density at radius 1 is 1.21 bits per heavy atom. The van der Waals surface area contributed by atoms with Crippen LogP contribution in [0.1, 0.15) is 36.8 Å². The SMILES string of the molecule is Cc1ccc(-n2nccn2)c(C(=O)N2C[C@H](C)O[C@@H](C)[C@H]2CNc2ccc(C(F)(F)F)cn2)c1.[HH]. The summed E-state index contributed by atoms with van der Waals surface area (Å²) in [4.78, 5) is 20.8. The minimum atomic E-state index is -4.45. The van der Waals surface area contributed by atoms with Gasteiger partial charge >= 0.3 is 6.18 Å². The lowest BCUT2D eigenvalue weighted by Gasteiger charge is -2.43. The molecular weight excluding hydrogens is 449 g/mol. The number of morpholine rings is 1. The minimum Gasteiger partial charge on any atom is -0.372 e. The number of hydrogen-bond donors (Lipinski definition) is 1. The van der Waals surface area contributed by atoms with Gasteiger partial charge in [-0.25, -0.2) is 4.98 Å². The third-order valence-electron chi connectivity index (χ3n) is 5.70. The Kier molecular flexibility index (Phi) is 6.56. The maximum absolute atomic E-state index is 13.8. The summed E-state index contributed by atoms with van der Waals surface area (Å²) in [5, 5.41) is 11.4. The molecular formula is C23H27F3N6O2. The number of nitrogens with zero attached hydrogens (tertiary/aromatic N) is 5. The highest BCUT2D eigenvalue weighted by atomic mass is 19.4. The van der Waals surface area contributed by atoms with Crippen molar-refractivity contribution in [1.82, 2.24) is 24.9 Å². The lowest BCUT2D eigenvalue weighted by molar-refractivity contribution is -0.137. The zero-order valence-electron chi connectivity index (χ0n) is 19.0. The molecule has 4 rings (SSSR count). The summed E-state index contributed by atoms with van der Waals surface area (Å²) in [5.74, 6) is 0.0772. The Balaban J connectivity index is 0.00000342. The van der Waals surface area contributed by atoms with Gasteiger partial charge in [-0.3, -0.25) is 4.79 Å². The summed E-state index contributed by atoms with van der Waals surface area (Å²) in [6.07, 6.45) is -1.09. The maximum atomic E-state index is 13.8. The van der Waals surface area contributed by atoms with Gasteiger partial charge in [-0.15, -0.1) is 0 Å². The maximum Gasteiger partial charge on any atom is 0.417 e. The number of anilines is 1. The highest BCUT2D eigenvalue weighted by Crippen LogP contribution is 2.29. The molecule has 3 atom stereocenters. The smallest absolute Gasteiger partial charge is 0.372 e. The third kappa shape index (κ3) is 5.04. The molecule has 0 saturated carbocycles. The molecule has 1 aromatic carbocycles. The largest absolute Gasteiger partial charge is 0.417 e. The monoisotopic (exact) mass is 476 g/mol. The van der Waals surface area contributed by atoms with Crippen molar-refractivity contribution >= 4 is 11.7 Å². The number of rotatable bonds is 5. The second-order valence-electron chi connectivity index (χ2n) is 8.33. The van der Waals surface area contributed by atoms with Crippen LogP contribution in [0.3, 0.4) is 0 Å². The van der Waals surface area contributed by atoms with E-state index in [0.717, 1.165) is 17.8 Å². The fourth-order valence-corrected chi connectivity index (χ4v) is 4.04. The predicted octanol–water partition coefficient (Wildman–Crippen LogP) is 3.97. The van der Waals surface area contributed by atoms with Crippen LogP contribution in [-0.2, 0) is 10.9 Å². The van der Waals surface area contributed by atoms with E-state index in [0.29, 0.717) is 17.8 Å². The number of amides is 1. The molecule has 0 spiro atoms. The van der Waals surface area contributed by atoms with Gasteiger partial charge in [0.05, 0.1) is 47.5 Å². The zero-order chi connectivity index (χ0) is 24.5. The Morgan fingerprint density at radius 3 is 2.59 bits per heavy atom. The number of aryl methyl sites for hydroxylation is 1. The van der Waals surface area contributed by atoms with Crippen LogP contribution in [0.15, 0.2) is 48.9 Å². The highest BCUT2D eigenvalue weighted by Gasteiger charge is 2.37. The van der Waals surface area contributed by atoms with Crippen molar-refractivity contribution in [3.63, 3.8) is 0 Å². The van der Waals surface area contributed by atoms with Gasteiger partial charge in [0.15, 0.2) is 0 Å². The first kappa shape index (κ1) is 23.7. The van der Waals surface area contributed by atoms with Gasteiger partial charge < -0.3 is 15.0 Å². The quantitative estimate of drug-likeness (QED) is 0.600. The van der Waals surface area contributed by atoms with E-state index in [1.165, 1.54) is 23.3 Å². The van der Waals surface area contributed by atoms with Crippen LogP contribution in [0.2, 0.25) is 0 Å². The second-order valence-corrected chi connectivity index (χ2v) is 8.33. The van der Waals surface area contributed by atoms with Crippen LogP contribution in [0.5, 0.6) is 0 Å². The molecule has 11 heteroatoms. The Hall–Kier alpha value is -3.47. The average Bonchev–Trinajstić information content (AvgIpc) is 3.32. The van der Waals surface area contributed by atoms with E-state index in [9.17, 15) is 18.0 Å². The molecule has 1 aliphatic rings. The number of halogens is 3. The van der Waals surface area contributed by atoms with Crippen molar-refractivity contribution in [2.24, 2.45) is 0 Å². The van der Waals surface area contributed by atoms with Crippen LogP contribution in [0.4, 0.5) is 19.0 Å². The number of hydrogen-bond acceptors (Lipinski definition) is 6. The van der Waals surface area contributed by atoms with Crippen molar-refractivity contribution in [1.29, 1.82) is 0 Å². The molecule has 0 bridgehead atoms. The van der Waals surface area contributed by atoms with Gasteiger partial charge in [0.25, 0.3) is 5.91 Å². The van der Waals surface area contributed by atoms with Crippen molar-refractivity contribution in [2.45, 2.75) is 45.2 Å². The molecule has 1 fully saturated rings. The summed E-state index contributed by atoms with van der Waals surface area (Å²) in [5.41, 5.74) is 1.10. The van der Waals surface area contributed by atoms with Crippen LogP contribution < -0.4 is 5.32 Å². The van der Waals surface area contributed by atoms with Crippen LogP contribution in [-0.4, -0.2) is 62.1 Å². The van der Waals surface area contributed by atoms with Gasteiger partial charge in [-0.1, -0.05) is 11.6 Å².